The summed E-state index contributed by atoms with van der Waals surface area (Å²) in [5.74, 6) is -0.266. The molecule has 0 N–H and O–H groups in total. The number of carbonyl (C=O) groups is 1. The molecule has 0 aliphatic carbocycles. The zero-order valence-corrected chi connectivity index (χ0v) is 11.1. The molecule has 1 atom stereocenters. The van der Waals surface area contributed by atoms with Gasteiger partial charge in [0.1, 0.15) is 0 Å². The van der Waals surface area contributed by atoms with Crippen LogP contribution < -0.4 is 4.90 Å². The van der Waals surface area contributed by atoms with E-state index in [0.717, 1.165) is 12.1 Å². The van der Waals surface area contributed by atoms with Gasteiger partial charge in [-0.25, -0.2) is 0 Å². The molecule has 1 unspecified atom stereocenters. The third kappa shape index (κ3) is 2.59. The zero-order valence-electron chi connectivity index (χ0n) is 9.54. The fourth-order valence-corrected chi connectivity index (χ4v) is 2.39. The third-order valence-corrected chi connectivity index (χ3v) is 3.73. The number of alkyl halides is 4. The summed E-state index contributed by atoms with van der Waals surface area (Å²) in [5, 5.41) is 8.69. The van der Waals surface area contributed by atoms with E-state index in [1.165, 1.54) is 17.0 Å². The molecule has 1 aromatic carbocycles. The summed E-state index contributed by atoms with van der Waals surface area (Å²) in [5.41, 5.74) is -1.30. The van der Waals surface area contributed by atoms with E-state index in [-0.39, 0.29) is 16.4 Å². The van der Waals surface area contributed by atoms with E-state index >= 15 is 0 Å². The van der Waals surface area contributed by atoms with Crippen molar-refractivity contribution in [1.29, 1.82) is 5.26 Å². The minimum absolute atomic E-state index is 0.165. The van der Waals surface area contributed by atoms with E-state index in [1.54, 1.807) is 0 Å². The lowest BCUT2D eigenvalue weighted by Crippen LogP contribution is -2.27. The summed E-state index contributed by atoms with van der Waals surface area (Å²) in [6, 6.07) is 4.80. The molecule has 0 radical (unpaired) electrons. The number of hydrogen-bond donors (Lipinski definition) is 0. The van der Waals surface area contributed by atoms with E-state index < -0.39 is 17.3 Å². The highest BCUT2D eigenvalue weighted by molar-refractivity contribution is 9.10. The molecule has 100 valence electrons. The van der Waals surface area contributed by atoms with Crippen LogP contribution in [0.25, 0.3) is 0 Å². The third-order valence-electron chi connectivity index (χ3n) is 2.88. The van der Waals surface area contributed by atoms with Crippen LogP contribution >= 0.6 is 15.9 Å². The Labute approximate surface area is 115 Å². The maximum atomic E-state index is 12.8. The van der Waals surface area contributed by atoms with Crippen LogP contribution in [0.3, 0.4) is 0 Å². The molecule has 1 fully saturated rings. The first kappa shape index (κ1) is 13.9. The van der Waals surface area contributed by atoms with Gasteiger partial charge in [0.05, 0.1) is 22.0 Å². The van der Waals surface area contributed by atoms with Crippen LogP contribution in [-0.4, -0.2) is 17.3 Å². The van der Waals surface area contributed by atoms with Gasteiger partial charge in [-0.2, -0.15) is 18.4 Å². The monoisotopic (exact) mass is 332 g/mol. The molecule has 0 bridgehead atoms. The van der Waals surface area contributed by atoms with Gasteiger partial charge in [0.25, 0.3) is 0 Å². The SMILES string of the molecule is N#Cc1ccc(N2CCC(Br)C2=O)cc1C(F)(F)F. The zero-order chi connectivity index (χ0) is 14.2. The number of halogens is 4. The van der Waals surface area contributed by atoms with Crippen LogP contribution in [0.2, 0.25) is 0 Å². The van der Waals surface area contributed by atoms with Crippen molar-refractivity contribution in [2.45, 2.75) is 17.4 Å². The van der Waals surface area contributed by atoms with Crippen molar-refractivity contribution >= 4 is 27.5 Å². The molecule has 2 rings (SSSR count). The van der Waals surface area contributed by atoms with Gasteiger partial charge in [0.2, 0.25) is 5.91 Å². The minimum atomic E-state index is -4.61. The lowest BCUT2D eigenvalue weighted by Gasteiger charge is -2.18. The molecule has 1 saturated heterocycles. The molecule has 1 aliphatic rings. The number of anilines is 1. The van der Waals surface area contributed by atoms with E-state index in [4.69, 9.17) is 5.26 Å². The Bertz CT molecular complexity index is 565. The molecular weight excluding hydrogens is 325 g/mol. The highest BCUT2D eigenvalue weighted by Gasteiger charge is 2.36. The quantitative estimate of drug-likeness (QED) is 0.742. The standard InChI is InChI=1S/C12H8BrF3N2O/c13-10-3-4-18(11(10)19)8-2-1-7(6-17)9(5-8)12(14,15)16/h1-2,5,10H,3-4H2. The first-order valence-corrected chi connectivity index (χ1v) is 6.33. The minimum Gasteiger partial charge on any atom is -0.311 e. The maximum Gasteiger partial charge on any atom is 0.417 e. The van der Waals surface area contributed by atoms with Gasteiger partial charge in [-0.1, -0.05) is 15.9 Å². The molecule has 0 saturated carbocycles. The lowest BCUT2D eigenvalue weighted by molar-refractivity contribution is -0.137. The molecule has 7 heteroatoms. The van der Waals surface area contributed by atoms with Crippen molar-refractivity contribution in [2.24, 2.45) is 0 Å². The lowest BCUT2D eigenvalue weighted by atomic mass is 10.1. The van der Waals surface area contributed by atoms with Crippen LogP contribution in [0.15, 0.2) is 18.2 Å². The summed E-state index contributed by atoms with van der Waals surface area (Å²) in [6.45, 7) is 0.359. The number of rotatable bonds is 1. The van der Waals surface area contributed by atoms with Gasteiger partial charge < -0.3 is 4.90 Å². The van der Waals surface area contributed by atoms with E-state index in [2.05, 4.69) is 15.9 Å². The highest BCUT2D eigenvalue weighted by atomic mass is 79.9. The molecule has 1 aliphatic heterocycles. The Morgan fingerprint density at radius 2 is 2.11 bits per heavy atom. The van der Waals surface area contributed by atoms with Crippen molar-refractivity contribution < 1.29 is 18.0 Å². The molecule has 3 nitrogen and oxygen atoms in total. The predicted molar refractivity (Wildman–Crippen MR) is 65.8 cm³/mol. The number of nitriles is 1. The number of carbonyl (C=O) groups excluding carboxylic acids is 1. The second kappa shape index (κ2) is 4.85. The number of benzene rings is 1. The second-order valence-electron chi connectivity index (χ2n) is 4.09. The average molecular weight is 333 g/mol. The van der Waals surface area contributed by atoms with E-state index in [0.29, 0.717) is 13.0 Å². The molecule has 1 amide bonds. The van der Waals surface area contributed by atoms with Crippen molar-refractivity contribution in [3.8, 4) is 6.07 Å². The second-order valence-corrected chi connectivity index (χ2v) is 5.19. The average Bonchev–Trinajstić information content (AvgIpc) is 2.68. The summed E-state index contributed by atoms with van der Waals surface area (Å²) < 4.78 is 38.4. The van der Waals surface area contributed by atoms with Crippen molar-refractivity contribution in [2.75, 3.05) is 11.4 Å². The summed E-state index contributed by atoms with van der Waals surface area (Å²) >= 11 is 3.16. The van der Waals surface area contributed by atoms with Crippen molar-refractivity contribution in [1.82, 2.24) is 0 Å². The van der Waals surface area contributed by atoms with Crippen LogP contribution in [0, 0.1) is 11.3 Å². The highest BCUT2D eigenvalue weighted by Crippen LogP contribution is 2.35. The Morgan fingerprint density at radius 3 is 2.58 bits per heavy atom. The molecule has 0 spiro atoms. The van der Waals surface area contributed by atoms with Gasteiger partial charge in [-0.05, 0) is 24.6 Å². The predicted octanol–water partition coefficient (Wildman–Crippen LogP) is 3.08. The first-order chi connectivity index (χ1) is 8.84. The van der Waals surface area contributed by atoms with Crippen LogP contribution in [0.1, 0.15) is 17.5 Å². The molecule has 0 aromatic heterocycles. The van der Waals surface area contributed by atoms with Gasteiger partial charge in [0, 0.05) is 12.2 Å². The Hall–Kier alpha value is -1.55. The molecule has 19 heavy (non-hydrogen) atoms. The molecular formula is C12H8BrF3N2O. The van der Waals surface area contributed by atoms with Gasteiger partial charge in [-0.3, -0.25) is 4.79 Å². The number of amides is 1. The smallest absolute Gasteiger partial charge is 0.311 e. The Morgan fingerprint density at radius 1 is 1.42 bits per heavy atom. The molecule has 1 aromatic rings. The number of nitrogens with zero attached hydrogens (tertiary/aromatic N) is 2. The van der Waals surface area contributed by atoms with Crippen LogP contribution in [0.5, 0.6) is 0 Å². The normalized spacial score (nSPS) is 19.6. The Kier molecular flexibility index (Phi) is 3.54. The fraction of sp³-hybridized carbons (Fsp3) is 0.333. The molecule has 1 heterocycles. The number of hydrogen-bond acceptors (Lipinski definition) is 2. The largest absolute Gasteiger partial charge is 0.417 e. The van der Waals surface area contributed by atoms with Crippen molar-refractivity contribution in [3.63, 3.8) is 0 Å². The van der Waals surface area contributed by atoms with Crippen LogP contribution in [0.4, 0.5) is 18.9 Å². The van der Waals surface area contributed by atoms with E-state index in [1.807, 2.05) is 0 Å². The summed E-state index contributed by atoms with van der Waals surface area (Å²) in [7, 11) is 0. The summed E-state index contributed by atoms with van der Waals surface area (Å²) in [6.07, 6.45) is -4.07. The van der Waals surface area contributed by atoms with Gasteiger partial charge in [0.15, 0.2) is 0 Å². The Balaban J connectivity index is 2.45. The van der Waals surface area contributed by atoms with Gasteiger partial charge >= 0.3 is 6.18 Å². The summed E-state index contributed by atoms with van der Waals surface area (Å²) in [4.78, 5) is 12.7. The van der Waals surface area contributed by atoms with Crippen molar-refractivity contribution in [3.05, 3.63) is 29.3 Å². The van der Waals surface area contributed by atoms with Gasteiger partial charge in [-0.15, -0.1) is 0 Å². The first-order valence-electron chi connectivity index (χ1n) is 5.41. The maximum absolute atomic E-state index is 12.8. The van der Waals surface area contributed by atoms with Crippen LogP contribution in [-0.2, 0) is 11.0 Å². The topological polar surface area (TPSA) is 44.1 Å². The fourth-order valence-electron chi connectivity index (χ4n) is 1.93. The van der Waals surface area contributed by atoms with E-state index in [9.17, 15) is 18.0 Å².